The molecule has 1 saturated heterocycles. The van der Waals surface area contributed by atoms with Gasteiger partial charge < -0.3 is 16.0 Å². The predicted octanol–water partition coefficient (Wildman–Crippen LogP) is 0.729. The van der Waals surface area contributed by atoms with Crippen molar-refractivity contribution in [3.8, 4) is 0 Å². The Balaban J connectivity index is 1.74. The van der Waals surface area contributed by atoms with Crippen molar-refractivity contribution in [2.75, 3.05) is 48.8 Å². The maximum Gasteiger partial charge on any atom is 0.148 e. The molecule has 2 rings (SSSR count). The van der Waals surface area contributed by atoms with Gasteiger partial charge in [-0.05, 0) is 43.1 Å². The first kappa shape index (κ1) is 15.1. The molecule has 112 valence electrons. The van der Waals surface area contributed by atoms with Gasteiger partial charge in [0.15, 0.2) is 0 Å². The predicted molar refractivity (Wildman–Crippen MR) is 83.8 cm³/mol. The minimum atomic E-state index is -2.86. The highest BCUT2D eigenvalue weighted by Crippen LogP contribution is 2.24. The fourth-order valence-corrected chi connectivity index (χ4v) is 3.00. The monoisotopic (exact) mass is 297 g/mol. The quantitative estimate of drug-likeness (QED) is 0.598. The molecular weight excluding hydrogens is 274 g/mol. The second-order valence-electron chi connectivity index (χ2n) is 5.53. The van der Waals surface area contributed by atoms with Crippen molar-refractivity contribution in [2.45, 2.75) is 6.42 Å². The number of hydrogen-bond donors (Lipinski definition) is 2. The Hall–Kier alpha value is -1.27. The molecule has 0 spiro atoms. The highest BCUT2D eigenvalue weighted by atomic mass is 32.2. The Morgan fingerprint density at radius 2 is 2.05 bits per heavy atom. The maximum absolute atomic E-state index is 11.0. The molecule has 1 aliphatic heterocycles. The fraction of sp³-hybridized carbons (Fsp3) is 0.571. The summed E-state index contributed by atoms with van der Waals surface area (Å²) in [6.07, 6.45) is 2.41. The van der Waals surface area contributed by atoms with Gasteiger partial charge in [-0.15, -0.1) is 0 Å². The Morgan fingerprint density at radius 1 is 1.35 bits per heavy atom. The summed E-state index contributed by atoms with van der Waals surface area (Å²) in [4.78, 5) is 2.35. The molecule has 1 atom stereocenters. The molecule has 5 nitrogen and oxygen atoms in total. The summed E-state index contributed by atoms with van der Waals surface area (Å²) in [7, 11) is -2.86. The fourth-order valence-electron chi connectivity index (χ4n) is 2.48. The first-order valence-electron chi connectivity index (χ1n) is 6.93. The number of hydrogen-bond acceptors (Lipinski definition) is 5. The molecule has 0 unspecified atom stereocenters. The molecule has 3 N–H and O–H groups in total. The lowest BCUT2D eigenvalue weighted by molar-refractivity contribution is 0.525. The molecule has 6 heteroatoms. The van der Waals surface area contributed by atoms with Crippen molar-refractivity contribution >= 4 is 21.2 Å². The molecule has 0 aromatic heterocycles. The zero-order chi connectivity index (χ0) is 14.6. The number of benzene rings is 1. The molecular formula is C14H23N3O2S. The van der Waals surface area contributed by atoms with Crippen LogP contribution in [0.1, 0.15) is 6.42 Å². The summed E-state index contributed by atoms with van der Waals surface area (Å²) in [6.45, 7) is 3.47. The van der Waals surface area contributed by atoms with Gasteiger partial charge in [0.2, 0.25) is 0 Å². The number of nitrogens with one attached hydrogen (secondary N) is 1. The maximum atomic E-state index is 11.0. The van der Waals surface area contributed by atoms with Crippen molar-refractivity contribution in [1.82, 2.24) is 5.32 Å². The third-order valence-corrected chi connectivity index (χ3v) is 4.57. The second-order valence-corrected chi connectivity index (χ2v) is 7.79. The molecule has 20 heavy (non-hydrogen) atoms. The van der Waals surface area contributed by atoms with E-state index in [4.69, 9.17) is 5.73 Å². The summed E-state index contributed by atoms with van der Waals surface area (Å²) in [5, 5.41) is 3.24. The molecule has 1 aromatic carbocycles. The van der Waals surface area contributed by atoms with E-state index in [1.54, 1.807) is 0 Å². The van der Waals surface area contributed by atoms with Crippen molar-refractivity contribution in [3.63, 3.8) is 0 Å². The minimum absolute atomic E-state index is 0.210. The van der Waals surface area contributed by atoms with Crippen LogP contribution in [0, 0.1) is 5.92 Å². The van der Waals surface area contributed by atoms with Crippen LogP contribution in [0.25, 0.3) is 0 Å². The van der Waals surface area contributed by atoms with Crippen molar-refractivity contribution < 1.29 is 8.42 Å². The van der Waals surface area contributed by atoms with Gasteiger partial charge >= 0.3 is 0 Å². The van der Waals surface area contributed by atoms with Crippen LogP contribution in [0.5, 0.6) is 0 Å². The van der Waals surface area contributed by atoms with Crippen LogP contribution in [-0.2, 0) is 9.84 Å². The van der Waals surface area contributed by atoms with Crippen LogP contribution in [0.15, 0.2) is 24.3 Å². The highest BCUT2D eigenvalue weighted by molar-refractivity contribution is 7.90. The van der Waals surface area contributed by atoms with Crippen LogP contribution < -0.4 is 16.0 Å². The third kappa shape index (κ3) is 4.68. The van der Waals surface area contributed by atoms with Crippen LogP contribution in [0.2, 0.25) is 0 Å². The van der Waals surface area contributed by atoms with E-state index < -0.39 is 9.84 Å². The van der Waals surface area contributed by atoms with E-state index in [1.165, 1.54) is 11.9 Å². The van der Waals surface area contributed by atoms with E-state index >= 15 is 0 Å². The topological polar surface area (TPSA) is 75.4 Å². The second kappa shape index (κ2) is 6.45. The lowest BCUT2D eigenvalue weighted by Crippen LogP contribution is -2.29. The van der Waals surface area contributed by atoms with Crippen LogP contribution in [0.4, 0.5) is 11.4 Å². The lowest BCUT2D eigenvalue weighted by atomic mass is 10.1. The van der Waals surface area contributed by atoms with Gasteiger partial charge in [0.25, 0.3) is 0 Å². The third-order valence-electron chi connectivity index (χ3n) is 3.63. The van der Waals surface area contributed by atoms with Crippen LogP contribution >= 0.6 is 0 Å². The number of nitrogens with two attached hydrogens (primary N) is 1. The summed E-state index contributed by atoms with van der Waals surface area (Å²) in [6, 6.07) is 7.95. The average Bonchev–Trinajstić information content (AvgIpc) is 2.83. The summed E-state index contributed by atoms with van der Waals surface area (Å²) < 4.78 is 22.1. The Labute approximate surface area is 121 Å². The SMILES string of the molecule is CS(=O)(=O)CCNC[C@H]1CCN(c2ccc(N)cc2)C1. The van der Waals surface area contributed by atoms with E-state index in [-0.39, 0.29) is 5.75 Å². The number of rotatable bonds is 6. The van der Waals surface area contributed by atoms with E-state index in [9.17, 15) is 8.42 Å². The minimum Gasteiger partial charge on any atom is -0.399 e. The van der Waals surface area contributed by atoms with Gasteiger partial charge in [0.05, 0.1) is 5.75 Å². The van der Waals surface area contributed by atoms with Gasteiger partial charge in [-0.2, -0.15) is 0 Å². The highest BCUT2D eigenvalue weighted by Gasteiger charge is 2.22. The first-order chi connectivity index (χ1) is 9.44. The first-order valence-corrected chi connectivity index (χ1v) is 8.99. The standard InChI is InChI=1S/C14H23N3O2S/c1-20(18,19)9-7-16-10-12-6-8-17(11-12)14-4-2-13(15)3-5-14/h2-5,12,16H,6-11,15H2,1H3/t12-/m1/s1. The van der Waals surface area contributed by atoms with Crippen molar-refractivity contribution in [3.05, 3.63) is 24.3 Å². The van der Waals surface area contributed by atoms with Crippen molar-refractivity contribution in [1.29, 1.82) is 0 Å². The average molecular weight is 297 g/mol. The molecule has 1 aliphatic rings. The van der Waals surface area contributed by atoms with Gasteiger partial charge in [0, 0.05) is 37.3 Å². The molecule has 0 radical (unpaired) electrons. The summed E-state index contributed by atoms with van der Waals surface area (Å²) in [5.41, 5.74) is 7.68. The zero-order valence-corrected chi connectivity index (χ0v) is 12.7. The van der Waals surface area contributed by atoms with Gasteiger partial charge in [0.1, 0.15) is 9.84 Å². The lowest BCUT2D eigenvalue weighted by Gasteiger charge is -2.19. The smallest absolute Gasteiger partial charge is 0.148 e. The van der Waals surface area contributed by atoms with E-state index in [2.05, 4.69) is 22.3 Å². The molecule has 0 saturated carbocycles. The molecule has 0 aliphatic carbocycles. The molecule has 1 fully saturated rings. The van der Waals surface area contributed by atoms with Crippen LogP contribution in [-0.4, -0.2) is 46.6 Å². The zero-order valence-electron chi connectivity index (χ0n) is 11.9. The molecule has 0 bridgehead atoms. The Kier molecular flexibility index (Phi) is 4.88. The largest absolute Gasteiger partial charge is 0.399 e. The number of nitrogens with zero attached hydrogens (tertiary/aromatic N) is 1. The van der Waals surface area contributed by atoms with Gasteiger partial charge in [-0.1, -0.05) is 0 Å². The van der Waals surface area contributed by atoms with E-state index in [0.717, 1.165) is 31.7 Å². The van der Waals surface area contributed by atoms with Crippen molar-refractivity contribution in [2.24, 2.45) is 5.92 Å². The Morgan fingerprint density at radius 3 is 2.70 bits per heavy atom. The van der Waals surface area contributed by atoms with Gasteiger partial charge in [-0.25, -0.2) is 8.42 Å². The molecule has 1 aromatic rings. The number of anilines is 2. The molecule has 1 heterocycles. The van der Waals surface area contributed by atoms with E-state index in [0.29, 0.717) is 12.5 Å². The molecule has 0 amide bonds. The summed E-state index contributed by atoms with van der Waals surface area (Å²) in [5.74, 6) is 0.786. The van der Waals surface area contributed by atoms with E-state index in [1.807, 2.05) is 12.1 Å². The normalized spacial score (nSPS) is 19.4. The summed E-state index contributed by atoms with van der Waals surface area (Å²) >= 11 is 0. The van der Waals surface area contributed by atoms with Crippen LogP contribution in [0.3, 0.4) is 0 Å². The Bertz CT molecular complexity index is 528. The number of sulfone groups is 1. The number of nitrogen functional groups attached to an aromatic ring is 1. The van der Waals surface area contributed by atoms with Gasteiger partial charge in [-0.3, -0.25) is 0 Å².